The fourth-order valence-electron chi connectivity index (χ4n) is 2.50. The van der Waals surface area contributed by atoms with Crippen LogP contribution in [0.2, 0.25) is 0 Å². The average molecular weight is 304 g/mol. The molecule has 0 unspecified atom stereocenters. The largest absolute Gasteiger partial charge is 0.504 e. The monoisotopic (exact) mass is 303 g/mol. The van der Waals surface area contributed by atoms with Crippen molar-refractivity contribution in [1.82, 2.24) is 0 Å². The maximum absolute atomic E-state index is 14.3. The molecule has 0 heterocycles. The van der Waals surface area contributed by atoms with Gasteiger partial charge in [-0.25, -0.2) is 4.39 Å². The highest BCUT2D eigenvalue weighted by molar-refractivity contribution is 9.10. The van der Waals surface area contributed by atoms with Gasteiger partial charge in [-0.2, -0.15) is 0 Å². The van der Waals surface area contributed by atoms with Gasteiger partial charge in [-0.1, -0.05) is 28.8 Å². The van der Waals surface area contributed by atoms with Crippen molar-refractivity contribution >= 4 is 15.9 Å². The van der Waals surface area contributed by atoms with E-state index < -0.39 is 11.4 Å². The first kappa shape index (κ1) is 12.6. The van der Waals surface area contributed by atoms with Gasteiger partial charge in [0.15, 0.2) is 17.3 Å². The zero-order chi connectivity index (χ0) is 12.6. The van der Waals surface area contributed by atoms with Crippen molar-refractivity contribution in [3.05, 3.63) is 21.9 Å². The Bertz CT molecular complexity index is 445. The lowest BCUT2D eigenvalue weighted by molar-refractivity contribution is 0.339. The van der Waals surface area contributed by atoms with Crippen LogP contribution in [-0.4, -0.2) is 12.2 Å². The minimum atomic E-state index is -0.663. The highest BCUT2D eigenvalue weighted by atomic mass is 79.9. The third kappa shape index (κ3) is 2.02. The second-order valence-corrected chi connectivity index (χ2v) is 5.32. The summed E-state index contributed by atoms with van der Waals surface area (Å²) >= 11 is 3.27. The predicted octanol–water partition coefficient (Wildman–Crippen LogP) is 3.03. The summed E-state index contributed by atoms with van der Waals surface area (Å²) in [6.45, 7) is 0. The van der Waals surface area contributed by atoms with Gasteiger partial charge in [0.05, 0.1) is 7.11 Å². The summed E-state index contributed by atoms with van der Waals surface area (Å²) < 4.78 is 19.7. The molecule has 1 saturated carbocycles. The van der Waals surface area contributed by atoms with E-state index in [1.165, 1.54) is 13.2 Å². The molecular weight excluding hydrogens is 289 g/mol. The fourth-order valence-corrected chi connectivity index (χ4v) is 3.28. The van der Waals surface area contributed by atoms with Crippen molar-refractivity contribution < 1.29 is 14.2 Å². The van der Waals surface area contributed by atoms with Crippen molar-refractivity contribution in [2.24, 2.45) is 5.73 Å². The maximum Gasteiger partial charge on any atom is 0.196 e. The summed E-state index contributed by atoms with van der Waals surface area (Å²) in [6.07, 6.45) is 3.48. The van der Waals surface area contributed by atoms with Crippen LogP contribution in [0.4, 0.5) is 4.39 Å². The first-order valence-corrected chi connectivity index (χ1v) is 6.33. The van der Waals surface area contributed by atoms with E-state index in [-0.39, 0.29) is 11.5 Å². The molecule has 1 aromatic rings. The van der Waals surface area contributed by atoms with E-state index in [9.17, 15) is 9.50 Å². The molecule has 3 nitrogen and oxygen atoms in total. The van der Waals surface area contributed by atoms with Crippen molar-refractivity contribution in [3.8, 4) is 11.5 Å². The number of halogens is 2. The van der Waals surface area contributed by atoms with E-state index in [1.807, 2.05) is 0 Å². The minimum absolute atomic E-state index is 0.139. The Morgan fingerprint density at radius 1 is 1.47 bits per heavy atom. The number of benzene rings is 1. The van der Waals surface area contributed by atoms with Crippen LogP contribution in [0.5, 0.6) is 11.5 Å². The summed E-state index contributed by atoms with van der Waals surface area (Å²) in [5, 5.41) is 9.59. The molecule has 0 aromatic heterocycles. The van der Waals surface area contributed by atoms with Gasteiger partial charge in [0.25, 0.3) is 0 Å². The fraction of sp³-hybridized carbons (Fsp3) is 0.500. The van der Waals surface area contributed by atoms with Gasteiger partial charge < -0.3 is 15.6 Å². The van der Waals surface area contributed by atoms with Crippen LogP contribution in [0.3, 0.4) is 0 Å². The lowest BCUT2D eigenvalue weighted by Gasteiger charge is -2.27. The molecule has 5 heteroatoms. The van der Waals surface area contributed by atoms with E-state index in [4.69, 9.17) is 10.5 Å². The Morgan fingerprint density at radius 2 is 2.06 bits per heavy atom. The normalized spacial score (nSPS) is 18.4. The van der Waals surface area contributed by atoms with Gasteiger partial charge in [-0.15, -0.1) is 0 Å². The number of ether oxygens (including phenoxy) is 1. The van der Waals surface area contributed by atoms with Crippen molar-refractivity contribution in [2.75, 3.05) is 7.11 Å². The van der Waals surface area contributed by atoms with Crippen LogP contribution in [-0.2, 0) is 5.54 Å². The molecule has 2 rings (SSSR count). The SMILES string of the molecule is COc1c(O)cc(Br)c(C2(N)CCCC2)c1F. The Morgan fingerprint density at radius 3 is 2.59 bits per heavy atom. The summed E-state index contributed by atoms with van der Waals surface area (Å²) in [6, 6.07) is 1.43. The smallest absolute Gasteiger partial charge is 0.196 e. The van der Waals surface area contributed by atoms with Gasteiger partial charge in [-0.3, -0.25) is 0 Å². The molecule has 1 fully saturated rings. The Labute approximate surface area is 108 Å². The van der Waals surface area contributed by atoms with E-state index in [2.05, 4.69) is 15.9 Å². The molecule has 0 atom stereocenters. The molecule has 0 amide bonds. The van der Waals surface area contributed by atoms with E-state index >= 15 is 0 Å². The number of rotatable bonds is 2. The molecule has 3 N–H and O–H groups in total. The lowest BCUT2D eigenvalue weighted by Crippen LogP contribution is -2.34. The molecule has 0 bridgehead atoms. The minimum Gasteiger partial charge on any atom is -0.504 e. The van der Waals surface area contributed by atoms with Gasteiger partial charge >= 0.3 is 0 Å². The van der Waals surface area contributed by atoms with Gasteiger partial charge in [-0.05, 0) is 18.9 Å². The summed E-state index contributed by atoms with van der Waals surface area (Å²) in [7, 11) is 1.33. The zero-order valence-electron chi connectivity index (χ0n) is 9.59. The molecule has 1 aromatic carbocycles. The standard InChI is InChI=1S/C12H15BrFNO2/c1-17-11-8(16)6-7(13)9(10(11)14)12(15)4-2-3-5-12/h6,16H,2-5,15H2,1H3. The van der Waals surface area contributed by atoms with E-state index in [0.717, 1.165) is 25.7 Å². The highest BCUT2D eigenvalue weighted by Crippen LogP contribution is 2.45. The predicted molar refractivity (Wildman–Crippen MR) is 66.7 cm³/mol. The van der Waals surface area contributed by atoms with E-state index in [1.54, 1.807) is 0 Å². The van der Waals surface area contributed by atoms with Crippen LogP contribution >= 0.6 is 15.9 Å². The molecule has 17 heavy (non-hydrogen) atoms. The maximum atomic E-state index is 14.3. The summed E-state index contributed by atoms with van der Waals surface area (Å²) in [5.74, 6) is -0.925. The van der Waals surface area contributed by atoms with Crippen LogP contribution in [0.15, 0.2) is 10.5 Å². The summed E-state index contributed by atoms with van der Waals surface area (Å²) in [4.78, 5) is 0. The van der Waals surface area contributed by atoms with E-state index in [0.29, 0.717) is 10.0 Å². The first-order valence-electron chi connectivity index (χ1n) is 5.54. The van der Waals surface area contributed by atoms with Crippen LogP contribution < -0.4 is 10.5 Å². The lowest BCUT2D eigenvalue weighted by atomic mass is 9.88. The Kier molecular flexibility index (Phi) is 3.32. The molecule has 0 spiro atoms. The summed E-state index contributed by atoms with van der Waals surface area (Å²) in [5.41, 5.74) is 5.99. The van der Waals surface area contributed by atoms with Gasteiger partial charge in [0.2, 0.25) is 0 Å². The van der Waals surface area contributed by atoms with Crippen molar-refractivity contribution in [1.29, 1.82) is 0 Å². The topological polar surface area (TPSA) is 55.5 Å². The van der Waals surface area contributed by atoms with Crippen LogP contribution in [0.25, 0.3) is 0 Å². The van der Waals surface area contributed by atoms with Crippen molar-refractivity contribution in [3.63, 3.8) is 0 Å². The molecule has 0 saturated heterocycles. The second-order valence-electron chi connectivity index (χ2n) is 4.46. The van der Waals surface area contributed by atoms with Crippen LogP contribution in [0, 0.1) is 5.82 Å². The Balaban J connectivity index is 2.60. The quantitative estimate of drug-likeness (QED) is 0.883. The number of phenolic OH excluding ortho intramolecular Hbond substituents is 1. The number of phenols is 1. The number of aromatic hydroxyl groups is 1. The third-order valence-corrected chi connectivity index (χ3v) is 3.98. The number of hydrogen-bond acceptors (Lipinski definition) is 3. The molecular formula is C12H15BrFNO2. The second kappa shape index (κ2) is 4.46. The number of methoxy groups -OCH3 is 1. The molecule has 0 aliphatic heterocycles. The number of hydrogen-bond donors (Lipinski definition) is 2. The van der Waals surface area contributed by atoms with Gasteiger partial charge in [0.1, 0.15) is 0 Å². The average Bonchev–Trinajstić information content (AvgIpc) is 2.65. The van der Waals surface area contributed by atoms with Gasteiger partial charge in [0, 0.05) is 15.6 Å². The third-order valence-electron chi connectivity index (χ3n) is 3.35. The van der Waals surface area contributed by atoms with Crippen LogP contribution in [0.1, 0.15) is 31.2 Å². The molecule has 94 valence electrons. The highest BCUT2D eigenvalue weighted by Gasteiger charge is 2.37. The molecule has 1 aliphatic rings. The Hall–Kier alpha value is -0.810. The number of nitrogens with two attached hydrogens (primary N) is 1. The molecule has 1 aliphatic carbocycles. The zero-order valence-corrected chi connectivity index (χ0v) is 11.2. The first-order chi connectivity index (χ1) is 7.99. The molecule has 0 radical (unpaired) electrons. The van der Waals surface area contributed by atoms with Crippen molar-refractivity contribution in [2.45, 2.75) is 31.2 Å².